The second-order valence-electron chi connectivity index (χ2n) is 13.5. The summed E-state index contributed by atoms with van der Waals surface area (Å²) in [6, 6.07) is -1.01. The molecule has 0 aliphatic carbocycles. The van der Waals surface area contributed by atoms with Crippen LogP contribution in [0.25, 0.3) is 0 Å². The number of aliphatic hydroxyl groups is 2. The van der Waals surface area contributed by atoms with Crippen LogP contribution in [0.1, 0.15) is 136 Å². The molecule has 2 saturated heterocycles. The van der Waals surface area contributed by atoms with E-state index in [9.17, 15) is 19.8 Å². The summed E-state index contributed by atoms with van der Waals surface area (Å²) >= 11 is 7.82. The van der Waals surface area contributed by atoms with Gasteiger partial charge in [0.2, 0.25) is 5.91 Å². The number of hydrogen-bond acceptors (Lipinski definition) is 8. The van der Waals surface area contributed by atoms with Crippen LogP contribution >= 0.6 is 35.8 Å². The van der Waals surface area contributed by atoms with Gasteiger partial charge in [-0.2, -0.15) is 0 Å². The standard InChI is InChI=1S/C35H65ClN2O6S.ClH/c1-6-8-9-10-11-12-13-14-15-16-17-18-19-20-22-28(39)43-33-31(41)30(40)32(44-35(33)45-5)29(25(3)36)37-34(42)27-23-26(21-7-2)24-38(27)4;/h25-27,29-33,35,40-41H,6-24H2,1-5H3,(H,37,42);1H/t25-,26+,27-,29+,30+,31-,32+,33+,35+;/m0./s1. The van der Waals surface area contributed by atoms with Gasteiger partial charge < -0.3 is 25.0 Å². The highest BCUT2D eigenvalue weighted by Gasteiger charge is 2.50. The number of alkyl halides is 1. The Morgan fingerprint density at radius 1 is 0.935 bits per heavy atom. The Morgan fingerprint density at radius 2 is 1.48 bits per heavy atom. The van der Waals surface area contributed by atoms with E-state index < -0.39 is 47.2 Å². The number of nitrogens with zero attached hydrogens (tertiary/aromatic N) is 1. The van der Waals surface area contributed by atoms with E-state index in [0.717, 1.165) is 45.1 Å². The Kier molecular flexibility index (Phi) is 23.6. The highest BCUT2D eigenvalue weighted by atomic mass is 35.5. The number of carbonyl (C=O) groups is 2. The fourth-order valence-electron chi connectivity index (χ4n) is 6.90. The molecule has 2 rings (SSSR count). The summed E-state index contributed by atoms with van der Waals surface area (Å²) in [6.45, 7) is 7.02. The van der Waals surface area contributed by atoms with Gasteiger partial charge in [0.1, 0.15) is 23.7 Å². The Hall–Kier alpha value is -0.290. The lowest BCUT2D eigenvalue weighted by Gasteiger charge is -2.45. The fourth-order valence-corrected chi connectivity index (χ4v) is 7.83. The first kappa shape index (κ1) is 43.7. The van der Waals surface area contributed by atoms with Crippen molar-refractivity contribution in [3.63, 3.8) is 0 Å². The van der Waals surface area contributed by atoms with Crippen LogP contribution < -0.4 is 5.32 Å². The average Bonchev–Trinajstić information content (AvgIpc) is 3.38. The number of hydrogen-bond donors (Lipinski definition) is 3. The second kappa shape index (κ2) is 24.8. The van der Waals surface area contributed by atoms with Gasteiger partial charge in [0.15, 0.2) is 6.10 Å². The molecule has 0 spiro atoms. The maximum absolute atomic E-state index is 13.3. The lowest BCUT2D eigenvalue weighted by molar-refractivity contribution is -0.218. The molecule has 9 atom stereocenters. The molecule has 2 aliphatic rings. The molecule has 0 aromatic carbocycles. The van der Waals surface area contributed by atoms with Gasteiger partial charge in [0.05, 0.1) is 17.5 Å². The molecule has 0 radical (unpaired) electrons. The van der Waals surface area contributed by atoms with E-state index in [1.807, 2.05) is 7.05 Å². The number of likely N-dealkylation sites (N-methyl/N-ethyl adjacent to an activating group) is 1. The van der Waals surface area contributed by atoms with E-state index in [1.54, 1.807) is 13.2 Å². The Labute approximate surface area is 295 Å². The van der Waals surface area contributed by atoms with Crippen molar-refractivity contribution < 1.29 is 29.3 Å². The normalized spacial score (nSPS) is 28.0. The SMILES string of the molecule is CCCCCCCCCCCCCCCCC(=O)O[C@@H]1[C@@H](O)[C@@H](O)[C@@H]([C@H](NC(=O)[C@@H]2C[C@@H](CCC)CN2C)[C@H](C)Cl)O[C@@H]1SC.Cl. The maximum Gasteiger partial charge on any atom is 0.306 e. The molecule has 0 unspecified atom stereocenters. The molecule has 11 heteroatoms. The summed E-state index contributed by atoms with van der Waals surface area (Å²) in [6.07, 6.45) is 17.7. The molecule has 2 aliphatic heterocycles. The molecule has 2 heterocycles. The Balaban J connectivity index is 0.0000106. The number of ether oxygens (including phenoxy) is 2. The molecule has 1 amide bonds. The number of likely N-dealkylation sites (tertiary alicyclic amines) is 1. The van der Waals surface area contributed by atoms with Gasteiger partial charge in [0, 0.05) is 13.0 Å². The smallest absolute Gasteiger partial charge is 0.306 e. The number of nitrogens with one attached hydrogen (secondary N) is 1. The van der Waals surface area contributed by atoms with Gasteiger partial charge in [-0.1, -0.05) is 104 Å². The summed E-state index contributed by atoms with van der Waals surface area (Å²) in [5.74, 6) is -0.0733. The van der Waals surface area contributed by atoms with Crippen LogP contribution in [0.4, 0.5) is 0 Å². The summed E-state index contributed by atoms with van der Waals surface area (Å²) in [5.41, 5.74) is -0.702. The monoisotopic (exact) mass is 712 g/mol. The first-order chi connectivity index (χ1) is 21.6. The van der Waals surface area contributed by atoms with Gasteiger partial charge in [-0.15, -0.1) is 35.8 Å². The largest absolute Gasteiger partial charge is 0.456 e. The molecule has 3 N–H and O–H groups in total. The second-order valence-corrected chi connectivity index (χ2v) is 15.2. The molecule has 0 saturated carbocycles. The minimum atomic E-state index is -1.38. The highest BCUT2D eigenvalue weighted by molar-refractivity contribution is 7.99. The molecule has 2 fully saturated rings. The first-order valence-corrected chi connectivity index (χ1v) is 19.7. The molecule has 0 bridgehead atoms. The van der Waals surface area contributed by atoms with Crippen LogP contribution in [0.5, 0.6) is 0 Å². The van der Waals surface area contributed by atoms with Crippen LogP contribution in [-0.4, -0.2) is 94.2 Å². The van der Waals surface area contributed by atoms with Crippen LogP contribution in [0.3, 0.4) is 0 Å². The van der Waals surface area contributed by atoms with Gasteiger partial charge in [0.25, 0.3) is 0 Å². The van der Waals surface area contributed by atoms with Crippen molar-refractivity contribution in [3.05, 3.63) is 0 Å². The quantitative estimate of drug-likeness (QED) is 0.0579. The van der Waals surface area contributed by atoms with E-state index in [2.05, 4.69) is 24.1 Å². The van der Waals surface area contributed by atoms with Crippen LogP contribution in [0.15, 0.2) is 0 Å². The molecular formula is C35H66Cl2N2O6S. The number of amides is 1. The number of aliphatic hydroxyl groups excluding tert-OH is 2. The van der Waals surface area contributed by atoms with E-state index in [4.69, 9.17) is 21.1 Å². The van der Waals surface area contributed by atoms with Crippen molar-refractivity contribution in [1.82, 2.24) is 10.2 Å². The van der Waals surface area contributed by atoms with Gasteiger partial charge >= 0.3 is 5.97 Å². The van der Waals surface area contributed by atoms with Crippen molar-refractivity contribution in [2.24, 2.45) is 5.92 Å². The number of carbonyl (C=O) groups excluding carboxylic acids is 2. The van der Waals surface area contributed by atoms with Crippen LogP contribution in [-0.2, 0) is 19.1 Å². The summed E-state index contributed by atoms with van der Waals surface area (Å²) in [5, 5.41) is 24.6. The minimum Gasteiger partial charge on any atom is -0.456 e. The van der Waals surface area contributed by atoms with Gasteiger partial charge in [-0.3, -0.25) is 14.5 Å². The lowest BCUT2D eigenvalue weighted by atomic mass is 9.92. The molecular weight excluding hydrogens is 647 g/mol. The van der Waals surface area contributed by atoms with E-state index >= 15 is 0 Å². The fraction of sp³-hybridized carbons (Fsp3) is 0.943. The predicted octanol–water partition coefficient (Wildman–Crippen LogP) is 7.23. The van der Waals surface area contributed by atoms with Crippen LogP contribution in [0, 0.1) is 5.92 Å². The lowest BCUT2D eigenvalue weighted by Crippen LogP contribution is -2.65. The van der Waals surface area contributed by atoms with Gasteiger partial charge in [-0.25, -0.2) is 0 Å². The zero-order chi connectivity index (χ0) is 33.2. The summed E-state index contributed by atoms with van der Waals surface area (Å²) < 4.78 is 11.9. The zero-order valence-electron chi connectivity index (χ0n) is 29.3. The maximum atomic E-state index is 13.3. The Morgan fingerprint density at radius 3 is 1.98 bits per heavy atom. The first-order valence-electron chi connectivity index (χ1n) is 18.0. The van der Waals surface area contributed by atoms with Gasteiger partial charge in [-0.05, 0) is 45.4 Å². The molecule has 8 nitrogen and oxygen atoms in total. The number of thioether (sulfide) groups is 1. The minimum absolute atomic E-state index is 0. The molecule has 272 valence electrons. The number of esters is 1. The topological polar surface area (TPSA) is 108 Å². The third-order valence-corrected chi connectivity index (χ3v) is 10.7. The van der Waals surface area contributed by atoms with Crippen molar-refractivity contribution in [2.75, 3.05) is 19.8 Å². The number of rotatable bonds is 23. The summed E-state index contributed by atoms with van der Waals surface area (Å²) in [7, 11) is 1.95. The number of unbranched alkanes of at least 4 members (excludes halogenated alkanes) is 13. The molecule has 0 aromatic heterocycles. The molecule has 46 heavy (non-hydrogen) atoms. The number of halogens is 2. The predicted molar refractivity (Wildman–Crippen MR) is 193 cm³/mol. The third kappa shape index (κ3) is 15.1. The average molecular weight is 714 g/mol. The zero-order valence-corrected chi connectivity index (χ0v) is 31.7. The Bertz CT molecular complexity index is 826. The van der Waals surface area contributed by atoms with Crippen LogP contribution in [0.2, 0.25) is 0 Å². The summed E-state index contributed by atoms with van der Waals surface area (Å²) in [4.78, 5) is 28.1. The van der Waals surface area contributed by atoms with Crippen molar-refractivity contribution in [2.45, 2.75) is 184 Å². The van der Waals surface area contributed by atoms with E-state index in [-0.39, 0.29) is 30.8 Å². The van der Waals surface area contributed by atoms with E-state index in [0.29, 0.717) is 5.92 Å². The highest BCUT2D eigenvalue weighted by Crippen LogP contribution is 2.33. The van der Waals surface area contributed by atoms with Crippen molar-refractivity contribution in [1.29, 1.82) is 0 Å². The van der Waals surface area contributed by atoms with E-state index in [1.165, 1.54) is 82.4 Å². The van der Waals surface area contributed by atoms with Crippen molar-refractivity contribution in [3.8, 4) is 0 Å². The third-order valence-electron chi connectivity index (χ3n) is 9.61. The molecule has 0 aromatic rings. The van der Waals surface area contributed by atoms with Crippen molar-refractivity contribution >= 4 is 47.6 Å².